The van der Waals surface area contributed by atoms with Gasteiger partial charge in [0.05, 0.1) is 12.9 Å². The summed E-state index contributed by atoms with van der Waals surface area (Å²) < 4.78 is 30.6. The topological polar surface area (TPSA) is 96.0 Å². The molecule has 0 spiro atoms. The number of nitrogens with one attached hydrogen (secondary N) is 1. The summed E-state index contributed by atoms with van der Waals surface area (Å²) in [6, 6.07) is -0.159. The molecule has 2 amide bonds. The molecule has 1 aliphatic rings. The summed E-state index contributed by atoms with van der Waals surface area (Å²) in [5, 5.41) is 2.77. The molecular weight excluding hydrogens is 346 g/mol. The van der Waals surface area contributed by atoms with Gasteiger partial charge in [0.15, 0.2) is 0 Å². The van der Waals surface area contributed by atoms with Gasteiger partial charge >= 0.3 is 6.09 Å². The Labute approximate surface area is 150 Å². The minimum atomic E-state index is -3.38. The Kier molecular flexibility index (Phi) is 9.20. The van der Waals surface area contributed by atoms with Crippen LogP contribution in [-0.2, 0) is 19.6 Å². The van der Waals surface area contributed by atoms with Crippen molar-refractivity contribution in [1.29, 1.82) is 0 Å². The standard InChI is InChI=1S/C16H31N3O5S/c1-4-6-7-15(20)17-10-13-19(25(3,22)23)14-8-11-18(12-9-14)16(21)24-5-2/h14H,4-13H2,1-3H3,(H,17,20). The molecule has 1 fully saturated rings. The Hall–Kier alpha value is -1.35. The van der Waals surface area contributed by atoms with Crippen molar-refractivity contribution in [3.63, 3.8) is 0 Å². The van der Waals surface area contributed by atoms with E-state index in [9.17, 15) is 18.0 Å². The molecule has 1 saturated heterocycles. The van der Waals surface area contributed by atoms with Gasteiger partial charge in [-0.25, -0.2) is 13.2 Å². The number of unbranched alkanes of at least 4 members (excludes halogenated alkanes) is 1. The molecule has 146 valence electrons. The first-order valence-corrected chi connectivity index (χ1v) is 10.8. The van der Waals surface area contributed by atoms with Crippen molar-refractivity contribution in [3.05, 3.63) is 0 Å². The van der Waals surface area contributed by atoms with Gasteiger partial charge in [0.2, 0.25) is 15.9 Å². The van der Waals surface area contributed by atoms with Gasteiger partial charge < -0.3 is 15.0 Å². The van der Waals surface area contributed by atoms with Crippen LogP contribution in [-0.4, -0.2) is 74.7 Å². The summed E-state index contributed by atoms with van der Waals surface area (Å²) >= 11 is 0. The van der Waals surface area contributed by atoms with Crippen LogP contribution in [0.2, 0.25) is 0 Å². The summed E-state index contributed by atoms with van der Waals surface area (Å²) in [5.74, 6) is -0.0487. The van der Waals surface area contributed by atoms with Crippen molar-refractivity contribution in [1.82, 2.24) is 14.5 Å². The molecule has 0 radical (unpaired) electrons. The first kappa shape index (κ1) is 21.7. The average molecular weight is 378 g/mol. The van der Waals surface area contributed by atoms with E-state index >= 15 is 0 Å². The smallest absolute Gasteiger partial charge is 0.409 e. The van der Waals surface area contributed by atoms with Gasteiger partial charge in [-0.2, -0.15) is 4.31 Å². The number of rotatable bonds is 9. The maximum Gasteiger partial charge on any atom is 0.409 e. The molecule has 0 aromatic rings. The molecule has 25 heavy (non-hydrogen) atoms. The SMILES string of the molecule is CCCCC(=O)NCCN(C1CCN(C(=O)OCC)CC1)S(C)(=O)=O. The van der Waals surface area contributed by atoms with E-state index in [1.165, 1.54) is 10.6 Å². The van der Waals surface area contributed by atoms with Crippen molar-refractivity contribution in [2.45, 2.75) is 52.0 Å². The third-order valence-electron chi connectivity index (χ3n) is 4.24. The van der Waals surface area contributed by atoms with Crippen LogP contribution in [0.5, 0.6) is 0 Å². The fraction of sp³-hybridized carbons (Fsp3) is 0.875. The zero-order valence-corrected chi connectivity index (χ0v) is 16.3. The quantitative estimate of drug-likeness (QED) is 0.651. The second kappa shape index (κ2) is 10.6. The number of carbonyl (C=O) groups excluding carboxylic acids is 2. The highest BCUT2D eigenvalue weighted by Crippen LogP contribution is 2.19. The Bertz CT molecular complexity index is 530. The van der Waals surface area contributed by atoms with Gasteiger partial charge in [0.25, 0.3) is 0 Å². The molecule has 9 heteroatoms. The molecule has 0 saturated carbocycles. The number of ether oxygens (including phenoxy) is 1. The first-order chi connectivity index (χ1) is 11.8. The number of carbonyl (C=O) groups is 2. The summed E-state index contributed by atoms with van der Waals surface area (Å²) in [7, 11) is -3.38. The van der Waals surface area contributed by atoms with E-state index in [2.05, 4.69) is 5.32 Å². The molecule has 1 rings (SSSR count). The number of nitrogens with zero attached hydrogens (tertiary/aromatic N) is 2. The molecule has 0 aliphatic carbocycles. The Morgan fingerprint density at radius 2 is 1.88 bits per heavy atom. The fourth-order valence-electron chi connectivity index (χ4n) is 2.90. The van der Waals surface area contributed by atoms with Crippen LogP contribution in [0.3, 0.4) is 0 Å². The molecular formula is C16H31N3O5S. The van der Waals surface area contributed by atoms with E-state index in [0.29, 0.717) is 45.5 Å². The predicted octanol–water partition coefficient (Wildman–Crippen LogP) is 1.18. The number of sulfonamides is 1. The largest absolute Gasteiger partial charge is 0.450 e. The normalized spacial score (nSPS) is 16.1. The van der Waals surface area contributed by atoms with Crippen LogP contribution in [0.1, 0.15) is 46.0 Å². The second-order valence-corrected chi connectivity index (χ2v) is 8.18. The molecule has 1 heterocycles. The fourth-order valence-corrected chi connectivity index (χ4v) is 4.08. The molecule has 0 aromatic heterocycles. The van der Waals surface area contributed by atoms with Gasteiger partial charge in [-0.3, -0.25) is 4.79 Å². The van der Waals surface area contributed by atoms with Crippen LogP contribution in [0.15, 0.2) is 0 Å². The van der Waals surface area contributed by atoms with Crippen molar-refractivity contribution in [2.24, 2.45) is 0 Å². The van der Waals surface area contributed by atoms with Crippen molar-refractivity contribution in [3.8, 4) is 0 Å². The highest BCUT2D eigenvalue weighted by atomic mass is 32.2. The maximum absolute atomic E-state index is 12.1. The van der Waals surface area contributed by atoms with E-state index in [1.54, 1.807) is 11.8 Å². The van der Waals surface area contributed by atoms with E-state index in [1.807, 2.05) is 6.92 Å². The van der Waals surface area contributed by atoms with Crippen LogP contribution in [0, 0.1) is 0 Å². The number of piperidine rings is 1. The van der Waals surface area contributed by atoms with E-state index in [0.717, 1.165) is 12.8 Å². The van der Waals surface area contributed by atoms with Crippen LogP contribution < -0.4 is 5.32 Å². The van der Waals surface area contributed by atoms with Crippen molar-refractivity contribution >= 4 is 22.0 Å². The Morgan fingerprint density at radius 1 is 1.24 bits per heavy atom. The number of likely N-dealkylation sites (tertiary alicyclic amines) is 1. The molecule has 0 atom stereocenters. The minimum Gasteiger partial charge on any atom is -0.450 e. The lowest BCUT2D eigenvalue weighted by atomic mass is 10.1. The maximum atomic E-state index is 12.1. The minimum absolute atomic E-state index is 0.0487. The van der Waals surface area contributed by atoms with Crippen molar-refractivity contribution < 1.29 is 22.7 Å². The summed E-state index contributed by atoms with van der Waals surface area (Å²) in [4.78, 5) is 25.0. The molecule has 8 nitrogen and oxygen atoms in total. The lowest BCUT2D eigenvalue weighted by Gasteiger charge is -2.36. The van der Waals surface area contributed by atoms with Gasteiger partial charge in [0, 0.05) is 38.6 Å². The lowest BCUT2D eigenvalue weighted by Crippen LogP contribution is -2.50. The summed E-state index contributed by atoms with van der Waals surface area (Å²) in [5.41, 5.74) is 0. The Balaban J connectivity index is 2.52. The molecule has 0 unspecified atom stereocenters. The average Bonchev–Trinajstić information content (AvgIpc) is 2.56. The zero-order valence-electron chi connectivity index (χ0n) is 15.5. The first-order valence-electron chi connectivity index (χ1n) is 8.94. The number of amides is 2. The van der Waals surface area contributed by atoms with E-state index in [-0.39, 0.29) is 24.6 Å². The van der Waals surface area contributed by atoms with Crippen molar-refractivity contribution in [2.75, 3.05) is 39.0 Å². The number of hydrogen-bond acceptors (Lipinski definition) is 5. The summed E-state index contributed by atoms with van der Waals surface area (Å²) in [6.45, 7) is 5.59. The number of hydrogen-bond donors (Lipinski definition) is 1. The highest BCUT2D eigenvalue weighted by Gasteiger charge is 2.31. The van der Waals surface area contributed by atoms with Gasteiger partial charge in [0.1, 0.15) is 0 Å². The third kappa shape index (κ3) is 7.60. The Morgan fingerprint density at radius 3 is 2.40 bits per heavy atom. The molecule has 0 bridgehead atoms. The third-order valence-corrected chi connectivity index (χ3v) is 5.57. The van der Waals surface area contributed by atoms with E-state index < -0.39 is 10.0 Å². The molecule has 1 N–H and O–H groups in total. The zero-order chi connectivity index (χ0) is 18.9. The van der Waals surface area contributed by atoms with E-state index in [4.69, 9.17) is 4.74 Å². The van der Waals surface area contributed by atoms with Gasteiger partial charge in [-0.15, -0.1) is 0 Å². The van der Waals surface area contributed by atoms with Crippen LogP contribution in [0.25, 0.3) is 0 Å². The monoisotopic (exact) mass is 377 g/mol. The summed E-state index contributed by atoms with van der Waals surface area (Å²) in [6.07, 6.45) is 4.20. The predicted molar refractivity (Wildman–Crippen MR) is 95.7 cm³/mol. The second-order valence-electron chi connectivity index (χ2n) is 6.24. The molecule has 0 aromatic carbocycles. The van der Waals surface area contributed by atoms with Crippen LogP contribution >= 0.6 is 0 Å². The van der Waals surface area contributed by atoms with Gasteiger partial charge in [-0.05, 0) is 26.2 Å². The van der Waals surface area contributed by atoms with Gasteiger partial charge in [-0.1, -0.05) is 13.3 Å². The molecule has 1 aliphatic heterocycles. The highest BCUT2D eigenvalue weighted by molar-refractivity contribution is 7.88. The van der Waals surface area contributed by atoms with Crippen LogP contribution in [0.4, 0.5) is 4.79 Å². The lowest BCUT2D eigenvalue weighted by molar-refractivity contribution is -0.121.